The van der Waals surface area contributed by atoms with Crippen molar-refractivity contribution in [3.8, 4) is 0 Å². The molecule has 150 valence electrons. The molecule has 6 nitrogen and oxygen atoms in total. The Hall–Kier alpha value is -0.870. The smallest absolute Gasteiger partial charge is 0.238 e. The number of aliphatic imine (C=N–C) groups is 1. The van der Waals surface area contributed by atoms with E-state index in [2.05, 4.69) is 29.5 Å². The van der Waals surface area contributed by atoms with Crippen molar-refractivity contribution in [2.45, 2.75) is 57.4 Å². The number of sulfonamides is 1. The molecule has 0 aliphatic rings. The van der Waals surface area contributed by atoms with Crippen LogP contribution >= 0.6 is 24.0 Å². The van der Waals surface area contributed by atoms with Gasteiger partial charge in [-0.05, 0) is 30.0 Å². The molecule has 26 heavy (non-hydrogen) atoms. The second-order valence-electron chi connectivity index (χ2n) is 6.64. The number of nitrogens with one attached hydrogen (secondary N) is 2. The Kier molecular flexibility index (Phi) is 12.9. The van der Waals surface area contributed by atoms with Crippen molar-refractivity contribution in [3.63, 3.8) is 0 Å². The molecule has 0 unspecified atom stereocenters. The Morgan fingerprint density at radius 1 is 1.15 bits per heavy atom. The molecule has 0 fully saturated rings. The molecule has 0 spiro atoms. The Labute approximate surface area is 175 Å². The van der Waals surface area contributed by atoms with Gasteiger partial charge in [0.15, 0.2) is 5.96 Å². The molecular weight excluding hydrogens is 463 g/mol. The van der Waals surface area contributed by atoms with Crippen LogP contribution in [0.5, 0.6) is 0 Å². The average molecular weight is 496 g/mol. The van der Waals surface area contributed by atoms with Gasteiger partial charge in [0.05, 0.1) is 4.90 Å². The Morgan fingerprint density at radius 2 is 1.85 bits per heavy atom. The highest BCUT2D eigenvalue weighted by atomic mass is 127. The van der Waals surface area contributed by atoms with Crippen molar-refractivity contribution in [1.82, 2.24) is 10.6 Å². The maximum absolute atomic E-state index is 11.4. The fourth-order valence-electron chi connectivity index (χ4n) is 2.48. The van der Waals surface area contributed by atoms with Crippen LogP contribution in [-0.2, 0) is 16.6 Å². The predicted octanol–water partition coefficient (Wildman–Crippen LogP) is 3.22. The van der Waals surface area contributed by atoms with E-state index in [0.29, 0.717) is 12.5 Å². The summed E-state index contributed by atoms with van der Waals surface area (Å²) in [6.07, 6.45) is 6.19. The second kappa shape index (κ2) is 13.3. The van der Waals surface area contributed by atoms with Crippen molar-refractivity contribution < 1.29 is 8.42 Å². The maximum Gasteiger partial charge on any atom is 0.238 e. The number of guanidine groups is 1. The summed E-state index contributed by atoms with van der Waals surface area (Å²) in [6.45, 7) is 5.88. The standard InChI is InChI=1S/C18H32N4O2S.HI/c1-15(2)9-6-4-5-7-12-21-18(20-3)22-14-16-10-8-11-17(13-16)25(19,23)24;/h8,10-11,13,15H,4-7,9,12,14H2,1-3H3,(H2,19,23,24)(H2,20,21,22);1H. The quantitative estimate of drug-likeness (QED) is 0.201. The minimum absolute atomic E-state index is 0. The van der Waals surface area contributed by atoms with E-state index < -0.39 is 10.0 Å². The van der Waals surface area contributed by atoms with Gasteiger partial charge in [-0.3, -0.25) is 4.99 Å². The molecule has 0 saturated heterocycles. The van der Waals surface area contributed by atoms with E-state index in [4.69, 9.17) is 5.14 Å². The van der Waals surface area contributed by atoms with Crippen molar-refractivity contribution in [2.24, 2.45) is 16.0 Å². The van der Waals surface area contributed by atoms with Gasteiger partial charge in [-0.1, -0.05) is 51.7 Å². The summed E-state index contributed by atoms with van der Waals surface area (Å²) in [6, 6.07) is 6.60. The molecule has 1 aromatic carbocycles. The number of nitrogens with two attached hydrogens (primary N) is 1. The first-order valence-corrected chi connectivity index (χ1v) is 10.4. The summed E-state index contributed by atoms with van der Waals surface area (Å²) < 4.78 is 22.8. The van der Waals surface area contributed by atoms with E-state index >= 15 is 0 Å². The number of unbranched alkanes of at least 4 members (excludes halogenated alkanes) is 3. The third kappa shape index (κ3) is 11.0. The third-order valence-electron chi connectivity index (χ3n) is 3.91. The molecule has 0 aliphatic carbocycles. The van der Waals surface area contributed by atoms with Gasteiger partial charge in [0, 0.05) is 20.1 Å². The molecule has 0 heterocycles. The van der Waals surface area contributed by atoms with Crippen LogP contribution in [0.4, 0.5) is 0 Å². The van der Waals surface area contributed by atoms with Crippen molar-refractivity contribution >= 4 is 40.0 Å². The van der Waals surface area contributed by atoms with Crippen LogP contribution in [0, 0.1) is 5.92 Å². The molecule has 0 radical (unpaired) electrons. The SMILES string of the molecule is CN=C(NCCCCCCC(C)C)NCc1cccc(S(N)(=O)=O)c1.I. The molecule has 4 N–H and O–H groups in total. The first-order valence-electron chi connectivity index (χ1n) is 8.89. The van der Waals surface area contributed by atoms with E-state index in [9.17, 15) is 8.42 Å². The van der Waals surface area contributed by atoms with Crippen molar-refractivity contribution in [2.75, 3.05) is 13.6 Å². The molecular formula is C18H33IN4O2S. The van der Waals surface area contributed by atoms with Crippen LogP contribution in [0.1, 0.15) is 51.5 Å². The lowest BCUT2D eigenvalue weighted by Gasteiger charge is -2.12. The van der Waals surface area contributed by atoms with Crippen LogP contribution in [0.25, 0.3) is 0 Å². The van der Waals surface area contributed by atoms with Gasteiger partial charge in [0.25, 0.3) is 0 Å². The van der Waals surface area contributed by atoms with E-state index in [1.807, 2.05) is 6.07 Å². The van der Waals surface area contributed by atoms with E-state index in [0.717, 1.165) is 24.4 Å². The zero-order valence-electron chi connectivity index (χ0n) is 16.0. The summed E-state index contributed by atoms with van der Waals surface area (Å²) in [5.41, 5.74) is 0.836. The molecule has 0 bridgehead atoms. The lowest BCUT2D eigenvalue weighted by Crippen LogP contribution is -2.37. The second-order valence-corrected chi connectivity index (χ2v) is 8.20. The van der Waals surface area contributed by atoms with Crippen molar-refractivity contribution in [3.05, 3.63) is 29.8 Å². The summed E-state index contributed by atoms with van der Waals surface area (Å²) >= 11 is 0. The van der Waals surface area contributed by atoms with Gasteiger partial charge >= 0.3 is 0 Å². The number of hydrogen-bond acceptors (Lipinski definition) is 3. The molecule has 0 amide bonds. The number of hydrogen-bond donors (Lipinski definition) is 3. The number of benzene rings is 1. The summed E-state index contributed by atoms with van der Waals surface area (Å²) in [7, 11) is -1.95. The van der Waals surface area contributed by atoms with Crippen LogP contribution in [0.15, 0.2) is 34.2 Å². The topological polar surface area (TPSA) is 96.6 Å². The van der Waals surface area contributed by atoms with Crippen molar-refractivity contribution in [1.29, 1.82) is 0 Å². The molecule has 0 aliphatic heterocycles. The molecule has 0 atom stereocenters. The molecule has 0 aromatic heterocycles. The van der Waals surface area contributed by atoms with Gasteiger partial charge in [0.1, 0.15) is 0 Å². The van der Waals surface area contributed by atoms with E-state index in [1.54, 1.807) is 19.2 Å². The fourth-order valence-corrected chi connectivity index (χ4v) is 3.06. The summed E-state index contributed by atoms with van der Waals surface area (Å²) in [4.78, 5) is 4.30. The van der Waals surface area contributed by atoms with Gasteiger partial charge in [0.2, 0.25) is 10.0 Å². The lowest BCUT2D eigenvalue weighted by atomic mass is 10.0. The highest BCUT2D eigenvalue weighted by Crippen LogP contribution is 2.10. The van der Waals surface area contributed by atoms with Gasteiger partial charge < -0.3 is 10.6 Å². The van der Waals surface area contributed by atoms with Crippen LogP contribution in [-0.4, -0.2) is 28.0 Å². The van der Waals surface area contributed by atoms with Gasteiger partial charge in [-0.25, -0.2) is 13.6 Å². The maximum atomic E-state index is 11.4. The fraction of sp³-hybridized carbons (Fsp3) is 0.611. The largest absolute Gasteiger partial charge is 0.356 e. The highest BCUT2D eigenvalue weighted by Gasteiger charge is 2.08. The Morgan fingerprint density at radius 3 is 2.46 bits per heavy atom. The highest BCUT2D eigenvalue weighted by molar-refractivity contribution is 14.0. The molecule has 1 rings (SSSR count). The van der Waals surface area contributed by atoms with Gasteiger partial charge in [-0.2, -0.15) is 0 Å². The Bertz CT molecular complexity index is 648. The van der Waals surface area contributed by atoms with Crippen LogP contribution in [0.3, 0.4) is 0 Å². The first kappa shape index (κ1) is 25.1. The Balaban J connectivity index is 0.00000625. The summed E-state index contributed by atoms with van der Waals surface area (Å²) in [5.74, 6) is 1.50. The van der Waals surface area contributed by atoms with Crippen LogP contribution in [0.2, 0.25) is 0 Å². The summed E-state index contributed by atoms with van der Waals surface area (Å²) in [5, 5.41) is 11.6. The number of nitrogens with zero attached hydrogens (tertiary/aromatic N) is 1. The van der Waals surface area contributed by atoms with Crippen LogP contribution < -0.4 is 15.8 Å². The zero-order valence-corrected chi connectivity index (χ0v) is 19.1. The minimum atomic E-state index is -3.67. The molecule has 8 heteroatoms. The number of rotatable bonds is 10. The van der Waals surface area contributed by atoms with E-state index in [1.165, 1.54) is 31.7 Å². The normalized spacial score (nSPS) is 12.0. The molecule has 0 saturated carbocycles. The average Bonchev–Trinajstić information content (AvgIpc) is 2.56. The number of primary sulfonamides is 1. The van der Waals surface area contributed by atoms with Gasteiger partial charge in [-0.15, -0.1) is 24.0 Å². The number of halogens is 1. The third-order valence-corrected chi connectivity index (χ3v) is 4.82. The minimum Gasteiger partial charge on any atom is -0.356 e. The first-order chi connectivity index (χ1) is 11.8. The predicted molar refractivity (Wildman–Crippen MR) is 119 cm³/mol. The lowest BCUT2D eigenvalue weighted by molar-refractivity contribution is 0.518. The monoisotopic (exact) mass is 496 g/mol. The zero-order chi connectivity index (χ0) is 18.7. The molecule has 1 aromatic rings. The van der Waals surface area contributed by atoms with E-state index in [-0.39, 0.29) is 28.9 Å².